The fourth-order valence-electron chi connectivity index (χ4n) is 1.70. The summed E-state index contributed by atoms with van der Waals surface area (Å²) in [5.74, 6) is -1.51. The van der Waals surface area contributed by atoms with Gasteiger partial charge in [0.25, 0.3) is 5.91 Å². The number of hydrazone groups is 1. The van der Waals surface area contributed by atoms with Crippen LogP contribution in [0.4, 0.5) is 5.69 Å². The Morgan fingerprint density at radius 3 is 2.73 bits per heavy atom. The Labute approximate surface area is 131 Å². The Morgan fingerprint density at radius 1 is 1.36 bits per heavy atom. The second-order valence-electron chi connectivity index (χ2n) is 4.61. The predicted octanol–water partition coefficient (Wildman–Crippen LogP) is 1.48. The number of carbonyl (C=O) groups excluding carboxylic acids is 3. The third kappa shape index (κ3) is 4.05. The van der Waals surface area contributed by atoms with Crippen LogP contribution in [0.25, 0.3) is 0 Å². The molecule has 0 saturated heterocycles. The first kappa shape index (κ1) is 16.0. The summed E-state index contributed by atoms with van der Waals surface area (Å²) in [5.41, 5.74) is 2.70. The van der Waals surface area contributed by atoms with E-state index < -0.39 is 18.0 Å². The van der Waals surface area contributed by atoms with Crippen LogP contribution >= 0.6 is 11.6 Å². The number of anilines is 1. The highest BCUT2D eigenvalue weighted by Crippen LogP contribution is 2.20. The Morgan fingerprint density at radius 2 is 2.09 bits per heavy atom. The van der Waals surface area contributed by atoms with Crippen molar-refractivity contribution in [3.8, 4) is 0 Å². The standard InChI is InChI=1S/C14H14ClN3O4/c1-8(13(20)16-10-5-3-2-4-9(10)15)22-14(21)11-6-7-12(19)18-17-11/h2-5,8H,6-7H2,1H3,(H,16,20)(H,18,19)/t8-/m1/s1. The van der Waals surface area contributed by atoms with Crippen molar-refractivity contribution in [2.45, 2.75) is 25.9 Å². The summed E-state index contributed by atoms with van der Waals surface area (Å²) in [4.78, 5) is 34.8. The minimum absolute atomic E-state index is 0.0805. The highest BCUT2D eigenvalue weighted by atomic mass is 35.5. The molecule has 1 heterocycles. The first-order valence-electron chi connectivity index (χ1n) is 6.59. The molecule has 0 radical (unpaired) electrons. The summed E-state index contributed by atoms with van der Waals surface area (Å²) in [6, 6.07) is 6.72. The van der Waals surface area contributed by atoms with Gasteiger partial charge in [0, 0.05) is 12.8 Å². The lowest BCUT2D eigenvalue weighted by atomic mass is 10.2. The van der Waals surface area contributed by atoms with Crippen LogP contribution in [0, 0.1) is 0 Å². The molecule has 0 aromatic heterocycles. The molecule has 1 aromatic rings. The van der Waals surface area contributed by atoms with Gasteiger partial charge >= 0.3 is 5.97 Å². The van der Waals surface area contributed by atoms with E-state index in [1.54, 1.807) is 24.3 Å². The van der Waals surface area contributed by atoms with Gasteiger partial charge in [-0.1, -0.05) is 23.7 Å². The van der Waals surface area contributed by atoms with Crippen molar-refractivity contribution in [1.82, 2.24) is 5.43 Å². The summed E-state index contributed by atoms with van der Waals surface area (Å²) in [5, 5.41) is 6.56. The second-order valence-corrected chi connectivity index (χ2v) is 5.02. The van der Waals surface area contributed by atoms with Crippen LogP contribution in [0.15, 0.2) is 29.4 Å². The number of para-hydroxylation sites is 1. The molecule has 1 aliphatic heterocycles. The number of amides is 2. The molecule has 0 spiro atoms. The summed E-state index contributed by atoms with van der Waals surface area (Å²) in [6.07, 6.45) is -0.679. The molecule has 0 aliphatic carbocycles. The van der Waals surface area contributed by atoms with E-state index in [4.69, 9.17) is 16.3 Å². The topological polar surface area (TPSA) is 96.9 Å². The number of rotatable bonds is 4. The van der Waals surface area contributed by atoms with Crippen molar-refractivity contribution in [1.29, 1.82) is 0 Å². The lowest BCUT2D eigenvalue weighted by Crippen LogP contribution is -2.35. The van der Waals surface area contributed by atoms with Crippen LogP contribution < -0.4 is 10.7 Å². The minimum Gasteiger partial charge on any atom is -0.448 e. The maximum absolute atomic E-state index is 12.0. The lowest BCUT2D eigenvalue weighted by molar-refractivity contribution is -0.146. The summed E-state index contributed by atoms with van der Waals surface area (Å²) >= 11 is 5.93. The molecular weight excluding hydrogens is 310 g/mol. The molecule has 1 aromatic carbocycles. The average Bonchev–Trinajstić information content (AvgIpc) is 2.50. The Balaban J connectivity index is 1.93. The molecule has 2 amide bonds. The first-order chi connectivity index (χ1) is 10.5. The molecule has 116 valence electrons. The van der Waals surface area contributed by atoms with Crippen LogP contribution in [0.5, 0.6) is 0 Å². The molecule has 1 atom stereocenters. The van der Waals surface area contributed by atoms with Crippen molar-refractivity contribution < 1.29 is 19.1 Å². The SMILES string of the molecule is C[C@@H](OC(=O)C1=NNC(=O)CC1)C(=O)Nc1ccccc1Cl. The van der Waals surface area contributed by atoms with Crippen molar-refractivity contribution >= 4 is 40.8 Å². The van der Waals surface area contributed by atoms with E-state index in [2.05, 4.69) is 15.8 Å². The van der Waals surface area contributed by atoms with E-state index in [1.807, 2.05) is 0 Å². The maximum atomic E-state index is 12.0. The van der Waals surface area contributed by atoms with Crippen LogP contribution in [-0.4, -0.2) is 29.6 Å². The molecule has 0 saturated carbocycles. The molecule has 2 N–H and O–H groups in total. The van der Waals surface area contributed by atoms with Gasteiger partial charge in [-0.25, -0.2) is 10.2 Å². The maximum Gasteiger partial charge on any atom is 0.355 e. The third-order valence-electron chi connectivity index (χ3n) is 2.92. The largest absolute Gasteiger partial charge is 0.448 e. The van der Waals surface area contributed by atoms with Crippen LogP contribution in [-0.2, 0) is 19.1 Å². The van der Waals surface area contributed by atoms with Gasteiger partial charge in [0.1, 0.15) is 5.71 Å². The molecule has 1 aliphatic rings. The van der Waals surface area contributed by atoms with E-state index in [0.717, 1.165) is 0 Å². The first-order valence-corrected chi connectivity index (χ1v) is 6.97. The third-order valence-corrected chi connectivity index (χ3v) is 3.25. The molecule has 0 fully saturated rings. The summed E-state index contributed by atoms with van der Waals surface area (Å²) in [6.45, 7) is 1.44. The van der Waals surface area contributed by atoms with Gasteiger partial charge in [0.05, 0.1) is 10.7 Å². The number of carbonyl (C=O) groups is 3. The number of halogens is 1. The van der Waals surface area contributed by atoms with Crippen molar-refractivity contribution in [3.63, 3.8) is 0 Å². The van der Waals surface area contributed by atoms with E-state index in [-0.39, 0.29) is 24.5 Å². The zero-order chi connectivity index (χ0) is 16.1. The number of hydrogen-bond donors (Lipinski definition) is 2. The number of hydrogen-bond acceptors (Lipinski definition) is 5. The minimum atomic E-state index is -1.02. The predicted molar refractivity (Wildman–Crippen MR) is 80.4 cm³/mol. The van der Waals surface area contributed by atoms with Crippen molar-refractivity contribution in [2.24, 2.45) is 5.10 Å². The smallest absolute Gasteiger partial charge is 0.355 e. The van der Waals surface area contributed by atoms with Gasteiger partial charge in [-0.2, -0.15) is 5.10 Å². The fourth-order valence-corrected chi connectivity index (χ4v) is 1.88. The average molecular weight is 324 g/mol. The fraction of sp³-hybridized carbons (Fsp3) is 0.286. The second kappa shape index (κ2) is 7.04. The molecule has 0 bridgehead atoms. The lowest BCUT2D eigenvalue weighted by Gasteiger charge is -2.16. The Bertz CT molecular complexity index is 645. The van der Waals surface area contributed by atoms with Crippen molar-refractivity contribution in [3.05, 3.63) is 29.3 Å². The highest BCUT2D eigenvalue weighted by Gasteiger charge is 2.24. The molecule has 2 rings (SSSR count). The quantitative estimate of drug-likeness (QED) is 0.820. The zero-order valence-corrected chi connectivity index (χ0v) is 12.5. The van der Waals surface area contributed by atoms with Gasteiger partial charge < -0.3 is 10.1 Å². The highest BCUT2D eigenvalue weighted by molar-refractivity contribution is 6.37. The van der Waals surface area contributed by atoms with Crippen LogP contribution in [0.1, 0.15) is 19.8 Å². The van der Waals surface area contributed by atoms with Crippen LogP contribution in [0.2, 0.25) is 5.02 Å². The summed E-state index contributed by atoms with van der Waals surface area (Å²) in [7, 11) is 0. The zero-order valence-electron chi connectivity index (χ0n) is 11.8. The monoisotopic (exact) mass is 323 g/mol. The molecule has 0 unspecified atom stereocenters. The van der Waals surface area contributed by atoms with Gasteiger partial charge in [0.15, 0.2) is 6.10 Å². The number of ether oxygens (including phenoxy) is 1. The van der Waals surface area contributed by atoms with E-state index in [9.17, 15) is 14.4 Å². The molecule has 8 heteroatoms. The number of nitrogens with one attached hydrogen (secondary N) is 2. The van der Waals surface area contributed by atoms with Gasteiger partial charge in [-0.05, 0) is 19.1 Å². The van der Waals surface area contributed by atoms with Gasteiger partial charge in [-0.15, -0.1) is 0 Å². The summed E-state index contributed by atoms with van der Waals surface area (Å²) < 4.78 is 5.02. The van der Waals surface area contributed by atoms with E-state index in [0.29, 0.717) is 10.7 Å². The normalized spacial score (nSPS) is 15.4. The van der Waals surface area contributed by atoms with Gasteiger partial charge in [-0.3, -0.25) is 9.59 Å². The number of benzene rings is 1. The molecule has 22 heavy (non-hydrogen) atoms. The Hall–Kier alpha value is -2.41. The van der Waals surface area contributed by atoms with Crippen molar-refractivity contribution in [2.75, 3.05) is 5.32 Å². The van der Waals surface area contributed by atoms with Crippen LogP contribution in [0.3, 0.4) is 0 Å². The van der Waals surface area contributed by atoms with E-state index >= 15 is 0 Å². The van der Waals surface area contributed by atoms with Gasteiger partial charge in [0.2, 0.25) is 5.91 Å². The van der Waals surface area contributed by atoms with E-state index in [1.165, 1.54) is 6.92 Å². The molecule has 7 nitrogen and oxygen atoms in total. The number of nitrogens with zero attached hydrogens (tertiary/aromatic N) is 1. The molecular formula is C14H14ClN3O4. The number of esters is 1. The Kier molecular flexibility index (Phi) is 5.11.